The van der Waals surface area contributed by atoms with Gasteiger partial charge in [-0.3, -0.25) is 9.79 Å². The molecule has 25 heavy (non-hydrogen) atoms. The Balaban J connectivity index is 1.93. The zero-order valence-corrected chi connectivity index (χ0v) is 15.9. The highest BCUT2D eigenvalue weighted by atomic mass is 127. The molecule has 0 radical (unpaired) electrons. The van der Waals surface area contributed by atoms with E-state index in [0.717, 1.165) is 26.0 Å². The van der Waals surface area contributed by atoms with Crippen LogP contribution in [0.3, 0.4) is 0 Å². The topological polar surface area (TPSA) is 29.4 Å². The molecule has 0 unspecified atom stereocenters. The van der Waals surface area contributed by atoms with Crippen LogP contribution in [-0.2, 0) is 4.79 Å². The van der Waals surface area contributed by atoms with Crippen LogP contribution in [0.4, 0.5) is 0 Å². The number of carbonyl (C=O) groups is 1. The Bertz CT molecular complexity index is 947. The monoisotopic (exact) mass is 437 g/mol. The van der Waals surface area contributed by atoms with E-state index in [1.165, 1.54) is 5.56 Å². The molecule has 1 heterocycles. The van der Waals surface area contributed by atoms with Gasteiger partial charge >= 0.3 is 0 Å². The Labute approximate surface area is 160 Å². The molecule has 2 aromatic carbocycles. The van der Waals surface area contributed by atoms with Gasteiger partial charge in [0.1, 0.15) is 5.54 Å². The first-order valence-corrected chi connectivity index (χ1v) is 9.22. The number of rotatable bonds is 2. The SMILES string of the molecule is Cc1ccc(C2=NC3(C=CC(=O)C=C3)C(c3ccccc3)=C2I)cc1. The lowest BCUT2D eigenvalue weighted by molar-refractivity contribution is -0.110. The highest BCUT2D eigenvalue weighted by molar-refractivity contribution is 14.1. The van der Waals surface area contributed by atoms with Gasteiger partial charge in [-0.2, -0.15) is 0 Å². The molecule has 2 aromatic rings. The smallest absolute Gasteiger partial charge is 0.178 e. The molecule has 1 aliphatic heterocycles. The number of hydrogen-bond acceptors (Lipinski definition) is 2. The Kier molecular flexibility index (Phi) is 4.04. The molecule has 0 saturated heterocycles. The minimum Gasteiger partial charge on any atom is -0.290 e. The van der Waals surface area contributed by atoms with Gasteiger partial charge in [0.05, 0.1) is 5.71 Å². The molecular weight excluding hydrogens is 421 g/mol. The van der Waals surface area contributed by atoms with Crippen LogP contribution in [0.15, 0.2) is 87.5 Å². The molecule has 0 N–H and O–H groups in total. The van der Waals surface area contributed by atoms with Gasteiger partial charge in [0.15, 0.2) is 5.78 Å². The summed E-state index contributed by atoms with van der Waals surface area (Å²) in [5, 5.41) is 0. The number of allylic oxidation sites excluding steroid dienone is 3. The molecule has 2 nitrogen and oxygen atoms in total. The van der Waals surface area contributed by atoms with E-state index in [0.29, 0.717) is 0 Å². The van der Waals surface area contributed by atoms with E-state index in [9.17, 15) is 4.79 Å². The number of nitrogens with zero attached hydrogens (tertiary/aromatic N) is 1. The zero-order chi connectivity index (χ0) is 17.4. The Morgan fingerprint density at radius 3 is 2.16 bits per heavy atom. The van der Waals surface area contributed by atoms with Gasteiger partial charge in [-0.1, -0.05) is 60.2 Å². The first-order valence-electron chi connectivity index (χ1n) is 8.14. The van der Waals surface area contributed by atoms with Gasteiger partial charge in [0.2, 0.25) is 0 Å². The fourth-order valence-corrected chi connectivity index (χ4v) is 4.40. The molecule has 122 valence electrons. The summed E-state index contributed by atoms with van der Waals surface area (Å²) in [6.07, 6.45) is 7.07. The maximum Gasteiger partial charge on any atom is 0.178 e. The van der Waals surface area contributed by atoms with Crippen molar-refractivity contribution in [3.63, 3.8) is 0 Å². The molecule has 3 heteroatoms. The lowest BCUT2D eigenvalue weighted by atomic mass is 9.83. The maximum atomic E-state index is 11.7. The van der Waals surface area contributed by atoms with Crippen molar-refractivity contribution in [3.8, 4) is 0 Å². The summed E-state index contributed by atoms with van der Waals surface area (Å²) in [6, 6.07) is 18.7. The number of halogens is 1. The third-order valence-corrected chi connectivity index (χ3v) is 5.57. The molecule has 1 aliphatic carbocycles. The Morgan fingerprint density at radius 1 is 0.880 bits per heavy atom. The number of aliphatic imine (C=N–C) groups is 1. The van der Waals surface area contributed by atoms with Crippen molar-refractivity contribution in [1.29, 1.82) is 0 Å². The molecular formula is C22H16INO. The van der Waals surface area contributed by atoms with Crippen molar-refractivity contribution in [2.75, 3.05) is 0 Å². The Hall–Kier alpha value is -2.27. The third-order valence-electron chi connectivity index (χ3n) is 4.52. The van der Waals surface area contributed by atoms with Crippen LogP contribution in [-0.4, -0.2) is 17.0 Å². The minimum atomic E-state index is -0.605. The molecule has 2 aliphatic rings. The average Bonchev–Trinajstić information content (AvgIpc) is 2.91. The highest BCUT2D eigenvalue weighted by Crippen LogP contribution is 2.46. The first-order chi connectivity index (χ1) is 12.1. The zero-order valence-electron chi connectivity index (χ0n) is 13.7. The molecule has 0 atom stereocenters. The van der Waals surface area contributed by atoms with E-state index in [4.69, 9.17) is 4.99 Å². The lowest BCUT2D eigenvalue weighted by Gasteiger charge is -2.25. The summed E-state index contributed by atoms with van der Waals surface area (Å²) in [4.78, 5) is 16.7. The fourth-order valence-electron chi connectivity index (χ4n) is 3.22. The Morgan fingerprint density at radius 2 is 1.52 bits per heavy atom. The molecule has 4 rings (SSSR count). The summed E-state index contributed by atoms with van der Waals surface area (Å²) in [5.74, 6) is 0.00651. The predicted octanol–water partition coefficient (Wildman–Crippen LogP) is 5.08. The second-order valence-electron chi connectivity index (χ2n) is 6.28. The summed E-state index contributed by atoms with van der Waals surface area (Å²) < 4.78 is 1.12. The van der Waals surface area contributed by atoms with Gasteiger partial charge < -0.3 is 0 Å². The molecule has 0 saturated carbocycles. The normalized spacial score (nSPS) is 18.2. The molecule has 0 fully saturated rings. The van der Waals surface area contributed by atoms with Crippen LogP contribution < -0.4 is 0 Å². The molecule has 1 spiro atoms. The van der Waals surface area contributed by atoms with E-state index in [2.05, 4.69) is 65.9 Å². The number of carbonyl (C=O) groups excluding carboxylic acids is 1. The van der Waals surface area contributed by atoms with Crippen LogP contribution in [0, 0.1) is 6.92 Å². The molecule has 0 amide bonds. The van der Waals surface area contributed by atoms with E-state index < -0.39 is 5.54 Å². The summed E-state index contributed by atoms with van der Waals surface area (Å²) in [7, 11) is 0. The van der Waals surface area contributed by atoms with Crippen molar-refractivity contribution < 1.29 is 4.79 Å². The summed E-state index contributed by atoms with van der Waals surface area (Å²) in [5.41, 5.74) is 4.95. The summed E-state index contributed by atoms with van der Waals surface area (Å²) in [6.45, 7) is 2.08. The van der Waals surface area contributed by atoms with E-state index in [1.807, 2.05) is 30.4 Å². The first kappa shape index (κ1) is 16.2. The number of aryl methyl sites for hydroxylation is 1. The van der Waals surface area contributed by atoms with Gasteiger partial charge in [-0.05, 0) is 59.4 Å². The number of hydrogen-bond donors (Lipinski definition) is 0. The van der Waals surface area contributed by atoms with Crippen molar-refractivity contribution in [1.82, 2.24) is 0 Å². The second kappa shape index (κ2) is 6.23. The van der Waals surface area contributed by atoms with Crippen LogP contribution in [0.25, 0.3) is 5.57 Å². The maximum absolute atomic E-state index is 11.7. The third kappa shape index (κ3) is 2.82. The van der Waals surface area contributed by atoms with Crippen LogP contribution in [0.2, 0.25) is 0 Å². The quantitative estimate of drug-likeness (QED) is 0.603. The second-order valence-corrected chi connectivity index (χ2v) is 7.35. The lowest BCUT2D eigenvalue weighted by Crippen LogP contribution is -2.23. The molecule has 0 bridgehead atoms. The highest BCUT2D eigenvalue weighted by Gasteiger charge is 2.40. The largest absolute Gasteiger partial charge is 0.290 e. The van der Waals surface area contributed by atoms with E-state index in [-0.39, 0.29) is 5.78 Å². The summed E-state index contributed by atoms with van der Waals surface area (Å²) >= 11 is 2.39. The van der Waals surface area contributed by atoms with Gasteiger partial charge in [-0.15, -0.1) is 0 Å². The fraction of sp³-hybridized carbons (Fsp3) is 0.0909. The van der Waals surface area contributed by atoms with Gasteiger partial charge in [-0.25, -0.2) is 0 Å². The van der Waals surface area contributed by atoms with Crippen molar-refractivity contribution in [3.05, 3.63) is 99.2 Å². The van der Waals surface area contributed by atoms with Crippen LogP contribution in [0.1, 0.15) is 16.7 Å². The van der Waals surface area contributed by atoms with Crippen LogP contribution >= 0.6 is 22.6 Å². The van der Waals surface area contributed by atoms with E-state index >= 15 is 0 Å². The van der Waals surface area contributed by atoms with Gasteiger partial charge in [0, 0.05) is 14.7 Å². The minimum absolute atomic E-state index is 0.00651. The van der Waals surface area contributed by atoms with Crippen molar-refractivity contribution in [2.24, 2.45) is 4.99 Å². The number of benzene rings is 2. The number of ketones is 1. The standard InChI is InChI=1S/C22H16INO/c1-15-7-9-17(10-8-15)21-20(23)19(16-5-3-2-4-6-16)22(24-21)13-11-18(25)12-14-22/h2-14H,1H3. The molecule has 0 aromatic heterocycles. The van der Waals surface area contributed by atoms with E-state index in [1.54, 1.807) is 12.2 Å². The van der Waals surface area contributed by atoms with Crippen molar-refractivity contribution in [2.45, 2.75) is 12.5 Å². The van der Waals surface area contributed by atoms with Crippen molar-refractivity contribution >= 4 is 39.7 Å². The van der Waals surface area contributed by atoms with Gasteiger partial charge in [0.25, 0.3) is 0 Å². The van der Waals surface area contributed by atoms with Crippen LogP contribution in [0.5, 0.6) is 0 Å². The average molecular weight is 437 g/mol. The predicted molar refractivity (Wildman–Crippen MR) is 111 cm³/mol.